The van der Waals surface area contributed by atoms with Gasteiger partial charge in [0.2, 0.25) is 5.91 Å². The third-order valence-corrected chi connectivity index (χ3v) is 2.48. The second-order valence-electron chi connectivity index (χ2n) is 2.96. The molecule has 0 radical (unpaired) electrons. The molecule has 4 heteroatoms. The zero-order valence-electron chi connectivity index (χ0n) is 8.34. The molecule has 0 aliphatic carbocycles. The van der Waals surface area contributed by atoms with Crippen LogP contribution < -0.4 is 11.1 Å². The maximum atomic E-state index is 10.7. The zero-order chi connectivity index (χ0) is 9.94. The Labute approximate surface area is 84.8 Å². The van der Waals surface area contributed by atoms with Gasteiger partial charge in [0.05, 0.1) is 6.54 Å². The molecule has 0 unspecified atom stereocenters. The molecule has 3 nitrogen and oxygen atoms in total. The summed E-state index contributed by atoms with van der Waals surface area (Å²) in [5.41, 5.74) is 5.14. The predicted octanol–water partition coefficient (Wildman–Crippen LogP) is 0.985. The molecule has 0 bridgehead atoms. The summed E-state index contributed by atoms with van der Waals surface area (Å²) in [7, 11) is 0. The van der Waals surface area contributed by atoms with Crippen molar-refractivity contribution in [1.82, 2.24) is 5.32 Å². The SMILES string of the molecule is CSCCCCCCNC(=O)CN. The van der Waals surface area contributed by atoms with E-state index in [1.807, 2.05) is 11.8 Å². The second kappa shape index (κ2) is 9.86. The van der Waals surface area contributed by atoms with Gasteiger partial charge in [0.25, 0.3) is 0 Å². The molecule has 0 aliphatic heterocycles. The summed E-state index contributed by atoms with van der Waals surface area (Å²) in [4.78, 5) is 10.7. The van der Waals surface area contributed by atoms with E-state index >= 15 is 0 Å². The fraction of sp³-hybridized carbons (Fsp3) is 0.889. The molecule has 0 aromatic rings. The van der Waals surface area contributed by atoms with Gasteiger partial charge in [-0.05, 0) is 24.9 Å². The number of unbranched alkanes of at least 4 members (excludes halogenated alkanes) is 3. The third-order valence-electron chi connectivity index (χ3n) is 1.78. The molecule has 0 aromatic heterocycles. The Morgan fingerprint density at radius 1 is 1.31 bits per heavy atom. The molecule has 0 fully saturated rings. The minimum atomic E-state index is -0.0517. The average molecular weight is 204 g/mol. The first-order valence-corrected chi connectivity index (χ1v) is 6.16. The van der Waals surface area contributed by atoms with Gasteiger partial charge < -0.3 is 11.1 Å². The molecule has 0 aromatic carbocycles. The molecule has 0 aliphatic rings. The van der Waals surface area contributed by atoms with E-state index in [0.717, 1.165) is 13.0 Å². The lowest BCUT2D eigenvalue weighted by Crippen LogP contribution is -2.30. The van der Waals surface area contributed by atoms with Crippen LogP contribution in [0.15, 0.2) is 0 Å². The number of hydrogen-bond acceptors (Lipinski definition) is 3. The van der Waals surface area contributed by atoms with Crippen LogP contribution >= 0.6 is 11.8 Å². The van der Waals surface area contributed by atoms with E-state index in [-0.39, 0.29) is 12.5 Å². The largest absolute Gasteiger partial charge is 0.355 e. The minimum Gasteiger partial charge on any atom is -0.355 e. The number of amides is 1. The van der Waals surface area contributed by atoms with Crippen molar-refractivity contribution >= 4 is 17.7 Å². The Balaban J connectivity index is 2.95. The van der Waals surface area contributed by atoms with Crippen LogP contribution in [0.1, 0.15) is 25.7 Å². The van der Waals surface area contributed by atoms with Gasteiger partial charge in [-0.1, -0.05) is 12.8 Å². The van der Waals surface area contributed by atoms with Crippen LogP contribution in [0.3, 0.4) is 0 Å². The van der Waals surface area contributed by atoms with Gasteiger partial charge >= 0.3 is 0 Å². The number of carbonyl (C=O) groups is 1. The summed E-state index contributed by atoms with van der Waals surface area (Å²) >= 11 is 1.89. The molecular weight excluding hydrogens is 184 g/mol. The van der Waals surface area contributed by atoms with Gasteiger partial charge in [0.1, 0.15) is 0 Å². The third kappa shape index (κ3) is 9.70. The lowest BCUT2D eigenvalue weighted by atomic mass is 10.2. The first-order valence-electron chi connectivity index (χ1n) is 4.77. The topological polar surface area (TPSA) is 55.1 Å². The highest BCUT2D eigenvalue weighted by Crippen LogP contribution is 2.03. The van der Waals surface area contributed by atoms with E-state index in [1.165, 1.54) is 25.0 Å². The molecule has 13 heavy (non-hydrogen) atoms. The summed E-state index contributed by atoms with van der Waals surface area (Å²) < 4.78 is 0. The maximum absolute atomic E-state index is 10.7. The summed E-state index contributed by atoms with van der Waals surface area (Å²) in [6.45, 7) is 0.877. The van der Waals surface area contributed by atoms with Crippen molar-refractivity contribution in [3.8, 4) is 0 Å². The highest BCUT2D eigenvalue weighted by molar-refractivity contribution is 7.98. The molecule has 0 saturated heterocycles. The predicted molar refractivity (Wildman–Crippen MR) is 58.9 cm³/mol. The van der Waals surface area contributed by atoms with Crippen LogP contribution in [-0.4, -0.2) is 31.0 Å². The molecule has 0 atom stereocenters. The van der Waals surface area contributed by atoms with Gasteiger partial charge in [-0.25, -0.2) is 0 Å². The van der Waals surface area contributed by atoms with E-state index in [4.69, 9.17) is 5.73 Å². The van der Waals surface area contributed by atoms with Crippen LogP contribution in [0.2, 0.25) is 0 Å². The molecule has 0 heterocycles. The van der Waals surface area contributed by atoms with Crippen molar-refractivity contribution in [2.45, 2.75) is 25.7 Å². The van der Waals surface area contributed by atoms with E-state index in [9.17, 15) is 4.79 Å². The molecule has 0 spiro atoms. The van der Waals surface area contributed by atoms with Crippen LogP contribution in [0.25, 0.3) is 0 Å². The Hall–Kier alpha value is -0.220. The normalized spacial score (nSPS) is 10.0. The van der Waals surface area contributed by atoms with Gasteiger partial charge in [0, 0.05) is 6.54 Å². The monoisotopic (exact) mass is 204 g/mol. The Bertz CT molecular complexity index is 131. The van der Waals surface area contributed by atoms with Crippen LogP contribution in [0, 0.1) is 0 Å². The molecule has 1 amide bonds. The van der Waals surface area contributed by atoms with Crippen molar-refractivity contribution < 1.29 is 4.79 Å². The average Bonchev–Trinajstić information content (AvgIpc) is 2.16. The zero-order valence-corrected chi connectivity index (χ0v) is 9.16. The van der Waals surface area contributed by atoms with Crippen molar-refractivity contribution in [1.29, 1.82) is 0 Å². The van der Waals surface area contributed by atoms with Crippen LogP contribution in [0.5, 0.6) is 0 Å². The molecule has 0 rings (SSSR count). The maximum Gasteiger partial charge on any atom is 0.233 e. The number of carbonyl (C=O) groups excluding carboxylic acids is 1. The first-order chi connectivity index (χ1) is 6.31. The Kier molecular flexibility index (Phi) is 9.70. The highest BCUT2D eigenvalue weighted by atomic mass is 32.2. The fourth-order valence-corrected chi connectivity index (χ4v) is 1.52. The fourth-order valence-electron chi connectivity index (χ4n) is 1.02. The van der Waals surface area contributed by atoms with E-state index in [2.05, 4.69) is 11.6 Å². The summed E-state index contributed by atoms with van der Waals surface area (Å²) in [5, 5.41) is 2.75. The van der Waals surface area contributed by atoms with Crippen LogP contribution in [-0.2, 0) is 4.79 Å². The summed E-state index contributed by atoms with van der Waals surface area (Å²) in [5.74, 6) is 1.19. The van der Waals surface area contributed by atoms with Crippen LogP contribution in [0.4, 0.5) is 0 Å². The molecule has 3 N–H and O–H groups in total. The number of thioether (sulfide) groups is 1. The number of rotatable bonds is 8. The summed E-state index contributed by atoms with van der Waals surface area (Å²) in [6.07, 6.45) is 6.94. The molecule has 0 saturated carbocycles. The molecule has 78 valence electrons. The highest BCUT2D eigenvalue weighted by Gasteiger charge is 1.94. The van der Waals surface area contributed by atoms with Crippen molar-refractivity contribution in [3.63, 3.8) is 0 Å². The van der Waals surface area contributed by atoms with Crippen molar-refractivity contribution in [2.75, 3.05) is 25.1 Å². The van der Waals surface area contributed by atoms with Gasteiger partial charge in [0.15, 0.2) is 0 Å². The van der Waals surface area contributed by atoms with Crippen molar-refractivity contribution in [2.24, 2.45) is 5.73 Å². The Morgan fingerprint density at radius 3 is 2.62 bits per heavy atom. The van der Waals surface area contributed by atoms with Gasteiger partial charge in [-0.15, -0.1) is 0 Å². The van der Waals surface area contributed by atoms with E-state index < -0.39 is 0 Å². The smallest absolute Gasteiger partial charge is 0.233 e. The lowest BCUT2D eigenvalue weighted by molar-refractivity contribution is -0.119. The number of nitrogens with one attached hydrogen (secondary N) is 1. The van der Waals surface area contributed by atoms with E-state index in [1.54, 1.807) is 0 Å². The first kappa shape index (κ1) is 12.8. The minimum absolute atomic E-state index is 0.0517. The molecular formula is C9H20N2OS. The Morgan fingerprint density at radius 2 is 2.00 bits per heavy atom. The standard InChI is InChI=1S/C9H20N2OS/c1-13-7-5-3-2-4-6-11-9(12)8-10/h2-8,10H2,1H3,(H,11,12). The van der Waals surface area contributed by atoms with Gasteiger partial charge in [-0.3, -0.25) is 4.79 Å². The summed E-state index contributed by atoms with van der Waals surface area (Å²) in [6, 6.07) is 0. The van der Waals surface area contributed by atoms with Gasteiger partial charge in [-0.2, -0.15) is 11.8 Å². The van der Waals surface area contributed by atoms with E-state index in [0.29, 0.717) is 0 Å². The second-order valence-corrected chi connectivity index (χ2v) is 3.95. The number of nitrogens with two attached hydrogens (primary N) is 1. The quantitative estimate of drug-likeness (QED) is 0.580. The number of hydrogen-bond donors (Lipinski definition) is 2. The lowest BCUT2D eigenvalue weighted by Gasteiger charge is -2.02. The van der Waals surface area contributed by atoms with Crippen molar-refractivity contribution in [3.05, 3.63) is 0 Å².